The number of aryl methyl sites for hydroxylation is 1. The predicted molar refractivity (Wildman–Crippen MR) is 183 cm³/mol. The highest BCUT2D eigenvalue weighted by Gasteiger charge is 2.38. The van der Waals surface area contributed by atoms with Crippen LogP contribution < -0.4 is 35.6 Å². The van der Waals surface area contributed by atoms with E-state index in [0.717, 1.165) is 22.3 Å². The van der Waals surface area contributed by atoms with E-state index in [2.05, 4.69) is 16.0 Å². The highest BCUT2D eigenvalue weighted by molar-refractivity contribution is 5.92. The number of nitrogens with zero attached hydrogens (tertiary/aromatic N) is 1. The molecule has 3 N–H and O–H groups in total. The average molecular weight is 657 g/mol. The van der Waals surface area contributed by atoms with Crippen LogP contribution in [0.25, 0.3) is 11.1 Å². The van der Waals surface area contributed by atoms with Crippen molar-refractivity contribution in [3.05, 3.63) is 81.0 Å². The lowest BCUT2D eigenvalue weighted by atomic mass is 9.91. The number of likely N-dealkylation sites (N-methyl/N-ethyl adjacent to an activating group) is 1. The number of carbonyl (C=O) groups excluding carboxylic acids is 3. The standard InChI is InChI=1S/C37H44N4O7/c1-20(2)33(37(45)41-19-24-11-9-8-10-22(24)16-29(41)36(44)38-4)40-28-15-13-25-26(18-30(28)43)27(39-21(3)42)14-12-23-17-31(46-5)34(47-6)35(48-7)32(23)25/h8-11,13,15,17-18,20,27,29,33H,12,14,16,19H2,1-7H3,(H,38,44)(H,39,42)(H,40,43)/t27-,29-,33-/m0/s1. The van der Waals surface area contributed by atoms with Gasteiger partial charge in [-0.05, 0) is 64.8 Å². The molecule has 48 heavy (non-hydrogen) atoms. The topological polar surface area (TPSA) is 135 Å². The summed E-state index contributed by atoms with van der Waals surface area (Å²) in [5.74, 6) is 0.389. The van der Waals surface area contributed by atoms with Crippen LogP contribution in [0, 0.1) is 5.92 Å². The predicted octanol–water partition coefficient (Wildman–Crippen LogP) is 4.00. The van der Waals surface area contributed by atoms with Crippen LogP contribution in [0.15, 0.2) is 53.3 Å². The molecule has 0 saturated heterocycles. The minimum absolute atomic E-state index is 0.214. The maximum absolute atomic E-state index is 14.3. The van der Waals surface area contributed by atoms with Crippen molar-refractivity contribution in [2.45, 2.75) is 64.7 Å². The molecule has 5 rings (SSSR count). The third-order valence-electron chi connectivity index (χ3n) is 9.24. The van der Waals surface area contributed by atoms with Gasteiger partial charge in [-0.1, -0.05) is 44.2 Å². The largest absolute Gasteiger partial charge is 0.493 e. The first kappa shape index (κ1) is 34.3. The molecule has 0 radical (unpaired) electrons. The number of rotatable bonds is 9. The van der Waals surface area contributed by atoms with E-state index in [0.29, 0.717) is 47.6 Å². The molecule has 11 nitrogen and oxygen atoms in total. The molecule has 3 aromatic rings. The van der Waals surface area contributed by atoms with E-state index in [4.69, 9.17) is 14.2 Å². The van der Waals surface area contributed by atoms with Gasteiger partial charge in [-0.25, -0.2) is 0 Å². The van der Waals surface area contributed by atoms with Crippen molar-refractivity contribution in [3.63, 3.8) is 0 Å². The second-order valence-electron chi connectivity index (χ2n) is 12.5. The van der Waals surface area contributed by atoms with Crippen molar-refractivity contribution in [2.75, 3.05) is 33.7 Å². The Morgan fingerprint density at radius 3 is 2.25 bits per heavy atom. The van der Waals surface area contributed by atoms with E-state index >= 15 is 0 Å². The van der Waals surface area contributed by atoms with Gasteiger partial charge in [0.25, 0.3) is 0 Å². The molecule has 11 heteroatoms. The summed E-state index contributed by atoms with van der Waals surface area (Å²) in [7, 11) is 6.20. The first-order valence-electron chi connectivity index (χ1n) is 16.2. The summed E-state index contributed by atoms with van der Waals surface area (Å²) in [5, 5.41) is 8.98. The lowest BCUT2D eigenvalue weighted by Crippen LogP contribution is -2.56. The third kappa shape index (κ3) is 6.54. The van der Waals surface area contributed by atoms with Crippen molar-refractivity contribution in [2.24, 2.45) is 5.92 Å². The normalized spacial score (nSPS) is 17.1. The molecule has 0 fully saturated rings. The Bertz CT molecular complexity index is 1790. The van der Waals surface area contributed by atoms with Crippen LogP contribution >= 0.6 is 0 Å². The fourth-order valence-electron chi connectivity index (χ4n) is 6.84. The first-order valence-corrected chi connectivity index (χ1v) is 16.2. The van der Waals surface area contributed by atoms with Crippen LogP contribution in [0.3, 0.4) is 0 Å². The highest BCUT2D eigenvalue weighted by Crippen LogP contribution is 2.50. The zero-order valence-electron chi connectivity index (χ0n) is 28.6. The summed E-state index contributed by atoms with van der Waals surface area (Å²) < 4.78 is 17.2. The third-order valence-corrected chi connectivity index (χ3v) is 9.24. The number of anilines is 1. The van der Waals surface area contributed by atoms with Crippen LogP contribution in [0.4, 0.5) is 5.69 Å². The van der Waals surface area contributed by atoms with Gasteiger partial charge in [-0.15, -0.1) is 0 Å². The van der Waals surface area contributed by atoms with Gasteiger partial charge in [0, 0.05) is 32.5 Å². The zero-order chi connectivity index (χ0) is 34.7. The average Bonchev–Trinajstić information content (AvgIpc) is 3.32. The highest BCUT2D eigenvalue weighted by atomic mass is 16.5. The maximum atomic E-state index is 14.3. The van der Waals surface area contributed by atoms with E-state index < -0.39 is 18.1 Å². The molecule has 1 heterocycles. The molecular formula is C37H44N4O7. The Morgan fingerprint density at radius 2 is 1.62 bits per heavy atom. The summed E-state index contributed by atoms with van der Waals surface area (Å²) in [5.41, 5.74) is 4.82. The van der Waals surface area contributed by atoms with Gasteiger partial charge in [0.2, 0.25) is 28.9 Å². The van der Waals surface area contributed by atoms with Crippen molar-refractivity contribution in [1.82, 2.24) is 15.5 Å². The number of carbonyl (C=O) groups is 3. The fraction of sp³-hybridized carbons (Fsp3) is 0.405. The number of hydrogen-bond acceptors (Lipinski definition) is 8. The van der Waals surface area contributed by atoms with Crippen LogP contribution in [0.1, 0.15) is 55.5 Å². The minimum Gasteiger partial charge on any atom is -0.493 e. The monoisotopic (exact) mass is 656 g/mol. The second-order valence-corrected chi connectivity index (χ2v) is 12.5. The van der Waals surface area contributed by atoms with E-state index in [1.807, 2.05) is 50.2 Å². The summed E-state index contributed by atoms with van der Waals surface area (Å²) >= 11 is 0. The number of methoxy groups -OCH3 is 3. The number of ether oxygens (including phenoxy) is 3. The van der Waals surface area contributed by atoms with Gasteiger partial charge < -0.3 is 35.1 Å². The maximum Gasteiger partial charge on any atom is 0.246 e. The van der Waals surface area contributed by atoms with E-state index in [1.165, 1.54) is 20.1 Å². The van der Waals surface area contributed by atoms with Crippen LogP contribution in [-0.2, 0) is 33.8 Å². The SMILES string of the molecule is CNC(=O)[C@@H]1Cc2ccccc2CN1C(=O)[C@@H](Nc1ccc2c(cc1=O)[C@@H](NC(C)=O)CCc1cc(OC)c(OC)c(OC)c1-2)C(C)C. The van der Waals surface area contributed by atoms with Crippen molar-refractivity contribution in [3.8, 4) is 28.4 Å². The lowest BCUT2D eigenvalue weighted by Gasteiger charge is -2.38. The molecule has 0 unspecified atom stereocenters. The van der Waals surface area contributed by atoms with Crippen molar-refractivity contribution >= 4 is 23.4 Å². The van der Waals surface area contributed by atoms with Gasteiger partial charge in [-0.2, -0.15) is 0 Å². The Labute approximate surface area is 281 Å². The van der Waals surface area contributed by atoms with Crippen molar-refractivity contribution < 1.29 is 28.6 Å². The molecule has 254 valence electrons. The Morgan fingerprint density at radius 1 is 0.917 bits per heavy atom. The molecule has 0 aromatic heterocycles. The molecule has 0 spiro atoms. The van der Waals surface area contributed by atoms with Crippen LogP contribution in [0.2, 0.25) is 0 Å². The van der Waals surface area contributed by atoms with Gasteiger partial charge in [0.05, 0.1) is 33.1 Å². The summed E-state index contributed by atoms with van der Waals surface area (Å²) in [6, 6.07) is 12.7. The quantitative estimate of drug-likeness (QED) is 0.315. The number of fused-ring (bicyclic) bond motifs is 4. The number of nitrogens with one attached hydrogen (secondary N) is 3. The van der Waals surface area contributed by atoms with Crippen LogP contribution in [0.5, 0.6) is 17.2 Å². The molecular weight excluding hydrogens is 612 g/mol. The van der Waals surface area contributed by atoms with Gasteiger partial charge in [0.1, 0.15) is 12.1 Å². The summed E-state index contributed by atoms with van der Waals surface area (Å²) in [6.45, 7) is 5.53. The summed E-state index contributed by atoms with van der Waals surface area (Å²) in [4.78, 5) is 55.3. The minimum atomic E-state index is -0.811. The Hall–Kier alpha value is -5.06. The van der Waals surface area contributed by atoms with Gasteiger partial charge in [-0.3, -0.25) is 19.2 Å². The van der Waals surface area contributed by atoms with E-state index in [-0.39, 0.29) is 41.3 Å². The van der Waals surface area contributed by atoms with E-state index in [1.54, 1.807) is 32.2 Å². The summed E-state index contributed by atoms with van der Waals surface area (Å²) in [6.07, 6.45) is 1.49. The van der Waals surface area contributed by atoms with Crippen molar-refractivity contribution in [1.29, 1.82) is 0 Å². The number of benzene rings is 2. The van der Waals surface area contributed by atoms with Crippen LogP contribution in [-0.4, -0.2) is 63.1 Å². The number of amides is 3. The fourth-order valence-corrected chi connectivity index (χ4v) is 6.84. The Kier molecular flexibility index (Phi) is 10.3. The molecule has 3 amide bonds. The lowest BCUT2D eigenvalue weighted by molar-refractivity contribution is -0.142. The zero-order valence-corrected chi connectivity index (χ0v) is 28.6. The molecule has 1 aliphatic heterocycles. The molecule has 3 atom stereocenters. The second kappa shape index (κ2) is 14.4. The molecule has 1 aliphatic carbocycles. The number of hydrogen-bond donors (Lipinski definition) is 3. The Balaban J connectivity index is 1.61. The smallest absolute Gasteiger partial charge is 0.246 e. The van der Waals surface area contributed by atoms with E-state index in [9.17, 15) is 19.2 Å². The van der Waals surface area contributed by atoms with Gasteiger partial charge >= 0.3 is 0 Å². The first-order chi connectivity index (χ1) is 23.0. The van der Waals surface area contributed by atoms with Gasteiger partial charge in [0.15, 0.2) is 11.5 Å². The molecule has 0 saturated carbocycles. The molecule has 3 aromatic carbocycles. The molecule has 2 aliphatic rings. The molecule has 0 bridgehead atoms.